The van der Waals surface area contributed by atoms with Crippen molar-refractivity contribution in [2.45, 2.75) is 13.3 Å². The van der Waals surface area contributed by atoms with Gasteiger partial charge in [0.2, 0.25) is 0 Å². The SMILES string of the molecule is CCc1nc2ccc(Br)cc2c(=O)n1N=Cc1ccccc1OCC(=O)OC. The molecule has 7 nitrogen and oxygen atoms in total. The number of nitrogens with zero attached hydrogens (tertiary/aromatic N) is 3. The number of ether oxygens (including phenoxy) is 2. The Morgan fingerprint density at radius 2 is 2.07 bits per heavy atom. The van der Waals surface area contributed by atoms with Crippen LogP contribution in [-0.4, -0.2) is 35.6 Å². The molecule has 0 saturated heterocycles. The van der Waals surface area contributed by atoms with E-state index in [1.54, 1.807) is 30.3 Å². The van der Waals surface area contributed by atoms with E-state index in [4.69, 9.17) is 4.74 Å². The minimum atomic E-state index is -0.486. The number of hydrogen-bond acceptors (Lipinski definition) is 6. The lowest BCUT2D eigenvalue weighted by molar-refractivity contribution is -0.142. The molecule has 8 heteroatoms. The zero-order valence-electron chi connectivity index (χ0n) is 15.4. The van der Waals surface area contributed by atoms with Gasteiger partial charge in [-0.05, 0) is 30.3 Å². The highest BCUT2D eigenvalue weighted by atomic mass is 79.9. The third-order valence-electron chi connectivity index (χ3n) is 4.00. The van der Waals surface area contributed by atoms with Gasteiger partial charge in [-0.2, -0.15) is 9.78 Å². The molecule has 0 aliphatic heterocycles. The Balaban J connectivity index is 2.01. The van der Waals surface area contributed by atoms with Crippen molar-refractivity contribution >= 4 is 39.0 Å². The van der Waals surface area contributed by atoms with Crippen LogP contribution in [0.25, 0.3) is 10.9 Å². The van der Waals surface area contributed by atoms with Crippen molar-refractivity contribution in [2.24, 2.45) is 5.10 Å². The molecule has 0 atom stereocenters. The third kappa shape index (κ3) is 4.28. The molecule has 0 spiro atoms. The summed E-state index contributed by atoms with van der Waals surface area (Å²) in [6.45, 7) is 1.69. The maximum absolute atomic E-state index is 12.9. The first-order valence-electron chi connectivity index (χ1n) is 8.57. The lowest BCUT2D eigenvalue weighted by Gasteiger charge is -2.09. The van der Waals surface area contributed by atoms with Crippen molar-refractivity contribution in [1.82, 2.24) is 9.66 Å². The highest BCUT2D eigenvalue weighted by Crippen LogP contribution is 2.18. The topological polar surface area (TPSA) is 82.8 Å². The Bertz CT molecular complexity index is 1110. The van der Waals surface area contributed by atoms with Crippen LogP contribution in [0.4, 0.5) is 0 Å². The summed E-state index contributed by atoms with van der Waals surface area (Å²) < 4.78 is 12.1. The van der Waals surface area contributed by atoms with Crippen molar-refractivity contribution in [3.8, 4) is 5.75 Å². The molecular formula is C20H18BrN3O4. The predicted molar refractivity (Wildman–Crippen MR) is 110 cm³/mol. The zero-order chi connectivity index (χ0) is 20.1. The second kappa shape index (κ2) is 8.79. The molecule has 144 valence electrons. The van der Waals surface area contributed by atoms with E-state index < -0.39 is 5.97 Å². The van der Waals surface area contributed by atoms with Gasteiger partial charge in [0.05, 0.1) is 24.2 Å². The minimum Gasteiger partial charge on any atom is -0.481 e. The molecule has 3 rings (SSSR count). The number of carbonyl (C=O) groups excluding carboxylic acids is 1. The molecule has 0 amide bonds. The van der Waals surface area contributed by atoms with E-state index in [1.807, 2.05) is 19.1 Å². The van der Waals surface area contributed by atoms with Gasteiger partial charge in [-0.3, -0.25) is 4.79 Å². The molecule has 0 unspecified atom stereocenters. The minimum absolute atomic E-state index is 0.215. The molecular weight excluding hydrogens is 426 g/mol. The Hall–Kier alpha value is -3.00. The Labute approximate surface area is 169 Å². The molecule has 1 heterocycles. The fourth-order valence-corrected chi connectivity index (χ4v) is 2.94. The van der Waals surface area contributed by atoms with E-state index in [9.17, 15) is 9.59 Å². The van der Waals surface area contributed by atoms with E-state index in [2.05, 4.69) is 30.8 Å². The molecule has 0 N–H and O–H groups in total. The molecule has 28 heavy (non-hydrogen) atoms. The molecule has 0 radical (unpaired) electrons. The third-order valence-corrected chi connectivity index (χ3v) is 4.49. The Kier molecular flexibility index (Phi) is 6.20. The summed E-state index contributed by atoms with van der Waals surface area (Å²) in [6.07, 6.45) is 2.05. The number of carbonyl (C=O) groups is 1. The van der Waals surface area contributed by atoms with Gasteiger partial charge in [-0.15, -0.1) is 0 Å². The average molecular weight is 444 g/mol. The molecule has 2 aromatic carbocycles. The molecule has 3 aromatic rings. The van der Waals surface area contributed by atoms with Gasteiger partial charge in [0, 0.05) is 16.5 Å². The lowest BCUT2D eigenvalue weighted by Crippen LogP contribution is -2.22. The normalized spacial score (nSPS) is 11.1. The Morgan fingerprint density at radius 1 is 1.29 bits per heavy atom. The van der Waals surface area contributed by atoms with Crippen LogP contribution in [0, 0.1) is 0 Å². The van der Waals surface area contributed by atoms with Crippen LogP contribution < -0.4 is 10.3 Å². The Morgan fingerprint density at radius 3 is 2.82 bits per heavy atom. The van der Waals surface area contributed by atoms with Crippen LogP contribution in [0.3, 0.4) is 0 Å². The van der Waals surface area contributed by atoms with Gasteiger partial charge in [0.1, 0.15) is 11.6 Å². The largest absolute Gasteiger partial charge is 0.481 e. The monoisotopic (exact) mass is 443 g/mol. The maximum atomic E-state index is 12.9. The number of aryl methyl sites for hydroxylation is 1. The first kappa shape index (κ1) is 19.8. The number of benzene rings is 2. The fraction of sp³-hybridized carbons (Fsp3) is 0.200. The predicted octanol–water partition coefficient (Wildman–Crippen LogP) is 3.16. The highest BCUT2D eigenvalue weighted by molar-refractivity contribution is 9.10. The molecule has 0 bridgehead atoms. The van der Waals surface area contributed by atoms with Gasteiger partial charge in [-0.25, -0.2) is 9.78 Å². The second-order valence-corrected chi connectivity index (χ2v) is 6.72. The number of aromatic nitrogens is 2. The summed E-state index contributed by atoms with van der Waals surface area (Å²) in [6, 6.07) is 12.4. The highest BCUT2D eigenvalue weighted by Gasteiger charge is 2.10. The van der Waals surface area contributed by atoms with Crippen LogP contribution in [0.15, 0.2) is 56.8 Å². The molecule has 0 fully saturated rings. The van der Waals surface area contributed by atoms with Crippen LogP contribution in [0.2, 0.25) is 0 Å². The van der Waals surface area contributed by atoms with Crippen molar-refractivity contribution in [2.75, 3.05) is 13.7 Å². The fourth-order valence-electron chi connectivity index (χ4n) is 2.58. The van der Waals surface area contributed by atoms with Crippen molar-refractivity contribution in [3.63, 3.8) is 0 Å². The van der Waals surface area contributed by atoms with Gasteiger partial charge in [0.25, 0.3) is 5.56 Å². The zero-order valence-corrected chi connectivity index (χ0v) is 17.0. The number of halogens is 1. The lowest BCUT2D eigenvalue weighted by atomic mass is 10.2. The molecule has 0 aliphatic carbocycles. The standard InChI is InChI=1S/C20H18BrN3O4/c1-3-18-23-16-9-8-14(21)10-15(16)20(26)24(18)22-11-13-6-4-5-7-17(13)28-12-19(25)27-2/h4-11H,3,12H2,1-2H3. The van der Waals surface area contributed by atoms with Crippen LogP contribution in [0.1, 0.15) is 18.3 Å². The summed E-state index contributed by atoms with van der Waals surface area (Å²) in [5, 5.41) is 4.81. The van der Waals surface area contributed by atoms with Crippen molar-refractivity contribution < 1.29 is 14.3 Å². The maximum Gasteiger partial charge on any atom is 0.343 e. The van der Waals surface area contributed by atoms with Gasteiger partial charge >= 0.3 is 5.97 Å². The number of rotatable bonds is 6. The van der Waals surface area contributed by atoms with E-state index >= 15 is 0 Å². The summed E-state index contributed by atoms with van der Waals surface area (Å²) >= 11 is 3.38. The average Bonchev–Trinajstić information content (AvgIpc) is 2.72. The molecule has 0 aliphatic rings. The van der Waals surface area contributed by atoms with E-state index in [-0.39, 0.29) is 12.2 Å². The molecule has 0 saturated carbocycles. The number of para-hydroxylation sites is 1. The summed E-state index contributed by atoms with van der Waals surface area (Å²) in [7, 11) is 1.29. The van der Waals surface area contributed by atoms with E-state index in [1.165, 1.54) is 18.0 Å². The van der Waals surface area contributed by atoms with Crippen molar-refractivity contribution in [3.05, 3.63) is 68.7 Å². The smallest absolute Gasteiger partial charge is 0.343 e. The van der Waals surface area contributed by atoms with Gasteiger partial charge in [-0.1, -0.05) is 35.0 Å². The van der Waals surface area contributed by atoms with E-state index in [0.717, 1.165) is 4.47 Å². The number of hydrogen-bond donors (Lipinski definition) is 0. The second-order valence-electron chi connectivity index (χ2n) is 5.81. The summed E-state index contributed by atoms with van der Waals surface area (Å²) in [5.41, 5.74) is 0.986. The van der Waals surface area contributed by atoms with Crippen LogP contribution in [-0.2, 0) is 16.0 Å². The quantitative estimate of drug-likeness (QED) is 0.431. The van der Waals surface area contributed by atoms with Gasteiger partial charge < -0.3 is 9.47 Å². The van der Waals surface area contributed by atoms with Crippen LogP contribution in [0.5, 0.6) is 5.75 Å². The van der Waals surface area contributed by atoms with Gasteiger partial charge in [0.15, 0.2) is 6.61 Å². The van der Waals surface area contributed by atoms with Crippen LogP contribution >= 0.6 is 15.9 Å². The first-order chi connectivity index (χ1) is 13.5. The number of methoxy groups -OCH3 is 1. The molecule has 1 aromatic heterocycles. The number of esters is 1. The number of fused-ring (bicyclic) bond motifs is 1. The van der Waals surface area contributed by atoms with Crippen molar-refractivity contribution in [1.29, 1.82) is 0 Å². The first-order valence-corrected chi connectivity index (χ1v) is 9.37. The summed E-state index contributed by atoms with van der Waals surface area (Å²) in [4.78, 5) is 28.8. The summed E-state index contributed by atoms with van der Waals surface area (Å²) in [5.74, 6) is 0.517. The van der Waals surface area contributed by atoms with E-state index in [0.29, 0.717) is 34.5 Å².